The molecular formula is C15H24N2O3S. The van der Waals surface area contributed by atoms with Crippen LogP contribution >= 0.6 is 0 Å². The minimum absolute atomic E-state index is 0.00954. The van der Waals surface area contributed by atoms with E-state index in [9.17, 15) is 8.42 Å². The highest BCUT2D eigenvalue weighted by atomic mass is 32.2. The van der Waals surface area contributed by atoms with E-state index in [1.807, 2.05) is 31.3 Å². The van der Waals surface area contributed by atoms with Crippen LogP contribution in [0.5, 0.6) is 0 Å². The van der Waals surface area contributed by atoms with E-state index in [0.717, 1.165) is 17.7 Å². The molecular weight excluding hydrogens is 288 g/mol. The lowest BCUT2D eigenvalue weighted by atomic mass is 10.1. The average molecular weight is 312 g/mol. The minimum atomic E-state index is -3.37. The first kappa shape index (κ1) is 17.8. The van der Waals surface area contributed by atoms with Gasteiger partial charge >= 0.3 is 0 Å². The normalized spacial score (nSPS) is 11.8. The van der Waals surface area contributed by atoms with Crippen molar-refractivity contribution in [2.75, 3.05) is 33.9 Å². The molecule has 6 heteroatoms. The Balaban J connectivity index is 2.78. The van der Waals surface area contributed by atoms with Gasteiger partial charge in [-0.3, -0.25) is 0 Å². The van der Waals surface area contributed by atoms with Gasteiger partial charge in [0.25, 0.3) is 0 Å². The second-order valence-electron chi connectivity index (χ2n) is 4.74. The van der Waals surface area contributed by atoms with Crippen molar-refractivity contribution in [2.24, 2.45) is 0 Å². The number of hydrogen-bond donors (Lipinski definition) is 1. The first-order valence-electron chi connectivity index (χ1n) is 6.83. The molecule has 118 valence electrons. The zero-order chi connectivity index (χ0) is 15.7. The van der Waals surface area contributed by atoms with Crippen LogP contribution in [0.4, 0.5) is 0 Å². The predicted molar refractivity (Wildman–Crippen MR) is 85.5 cm³/mol. The van der Waals surface area contributed by atoms with Crippen LogP contribution in [0.15, 0.2) is 36.9 Å². The quantitative estimate of drug-likeness (QED) is 0.663. The minimum Gasteiger partial charge on any atom is -0.383 e. The van der Waals surface area contributed by atoms with Crippen molar-refractivity contribution in [2.45, 2.75) is 12.3 Å². The first-order chi connectivity index (χ1) is 10.0. The Hall–Kier alpha value is -1.21. The lowest BCUT2D eigenvalue weighted by Crippen LogP contribution is -2.35. The standard InChI is InChI=1S/C15H24N2O3S/c1-4-9-17(10-11-20-3)21(18,19)13-15-7-5-14(6-8-15)12-16-2/h4-8,16H,1,9-13H2,2-3H3. The largest absolute Gasteiger partial charge is 0.383 e. The van der Waals surface area contributed by atoms with Crippen LogP contribution in [0.1, 0.15) is 11.1 Å². The molecule has 1 rings (SSSR count). The van der Waals surface area contributed by atoms with Crippen molar-refractivity contribution in [3.05, 3.63) is 48.0 Å². The number of sulfonamides is 1. The van der Waals surface area contributed by atoms with Crippen LogP contribution in [0.3, 0.4) is 0 Å². The molecule has 1 aromatic rings. The van der Waals surface area contributed by atoms with Gasteiger partial charge in [-0.05, 0) is 18.2 Å². The molecule has 0 aliphatic carbocycles. The van der Waals surface area contributed by atoms with Crippen molar-refractivity contribution >= 4 is 10.0 Å². The molecule has 0 fully saturated rings. The summed E-state index contributed by atoms with van der Waals surface area (Å²) in [6.07, 6.45) is 1.59. The second kappa shape index (κ2) is 8.94. The molecule has 1 aromatic carbocycles. The summed E-state index contributed by atoms with van der Waals surface area (Å²) in [6, 6.07) is 7.59. The summed E-state index contributed by atoms with van der Waals surface area (Å²) in [7, 11) is 0.0626. The fourth-order valence-electron chi connectivity index (χ4n) is 1.94. The van der Waals surface area contributed by atoms with Crippen molar-refractivity contribution in [1.29, 1.82) is 0 Å². The monoisotopic (exact) mass is 312 g/mol. The third kappa shape index (κ3) is 5.97. The van der Waals surface area contributed by atoms with Gasteiger partial charge in [-0.15, -0.1) is 6.58 Å². The van der Waals surface area contributed by atoms with Crippen LogP contribution in [-0.2, 0) is 27.1 Å². The average Bonchev–Trinajstić information content (AvgIpc) is 2.45. The van der Waals surface area contributed by atoms with Crippen molar-refractivity contribution in [3.8, 4) is 0 Å². The number of nitrogens with one attached hydrogen (secondary N) is 1. The lowest BCUT2D eigenvalue weighted by molar-refractivity contribution is 0.182. The second-order valence-corrected chi connectivity index (χ2v) is 6.71. The fourth-order valence-corrected chi connectivity index (χ4v) is 3.42. The Kier molecular flexibility index (Phi) is 7.60. The van der Waals surface area contributed by atoms with Gasteiger partial charge in [-0.1, -0.05) is 30.3 Å². The fraction of sp³-hybridized carbons (Fsp3) is 0.467. The van der Waals surface area contributed by atoms with Gasteiger partial charge in [-0.2, -0.15) is 4.31 Å². The van der Waals surface area contributed by atoms with Crippen LogP contribution in [0.2, 0.25) is 0 Å². The molecule has 0 amide bonds. The molecule has 0 heterocycles. The summed E-state index contributed by atoms with van der Waals surface area (Å²) >= 11 is 0. The number of ether oxygens (including phenoxy) is 1. The predicted octanol–water partition coefficient (Wildman–Crippen LogP) is 1.37. The molecule has 0 saturated carbocycles. The Morgan fingerprint density at radius 1 is 1.29 bits per heavy atom. The van der Waals surface area contributed by atoms with Gasteiger partial charge in [0.15, 0.2) is 0 Å². The van der Waals surface area contributed by atoms with E-state index >= 15 is 0 Å². The van der Waals surface area contributed by atoms with Gasteiger partial charge < -0.3 is 10.1 Å². The molecule has 21 heavy (non-hydrogen) atoms. The van der Waals surface area contributed by atoms with Crippen LogP contribution < -0.4 is 5.32 Å². The van der Waals surface area contributed by atoms with Crippen LogP contribution in [0, 0.1) is 0 Å². The Morgan fingerprint density at radius 3 is 2.43 bits per heavy atom. The third-order valence-electron chi connectivity index (χ3n) is 3.02. The van der Waals surface area contributed by atoms with Gasteiger partial charge in [0.2, 0.25) is 10.0 Å². The molecule has 1 N–H and O–H groups in total. The number of methoxy groups -OCH3 is 1. The zero-order valence-electron chi connectivity index (χ0n) is 12.7. The summed E-state index contributed by atoms with van der Waals surface area (Å²) < 4.78 is 31.2. The third-order valence-corrected chi connectivity index (χ3v) is 4.84. The Labute approximate surface area is 127 Å². The lowest BCUT2D eigenvalue weighted by Gasteiger charge is -2.20. The number of benzene rings is 1. The van der Waals surface area contributed by atoms with Gasteiger partial charge in [-0.25, -0.2) is 8.42 Å². The molecule has 0 aromatic heterocycles. The summed E-state index contributed by atoms with van der Waals surface area (Å²) in [5.41, 5.74) is 1.90. The molecule has 0 radical (unpaired) electrons. The van der Waals surface area contributed by atoms with Crippen LogP contribution in [-0.4, -0.2) is 46.6 Å². The van der Waals surface area contributed by atoms with Crippen molar-refractivity contribution < 1.29 is 13.2 Å². The summed E-state index contributed by atoms with van der Waals surface area (Å²) in [4.78, 5) is 0. The summed E-state index contributed by atoms with van der Waals surface area (Å²) in [5.74, 6) is -0.00954. The van der Waals surface area contributed by atoms with Crippen molar-refractivity contribution in [3.63, 3.8) is 0 Å². The highest BCUT2D eigenvalue weighted by Crippen LogP contribution is 2.12. The molecule has 0 atom stereocenters. The van der Waals surface area contributed by atoms with E-state index < -0.39 is 10.0 Å². The van der Waals surface area contributed by atoms with E-state index in [1.54, 1.807) is 13.2 Å². The number of rotatable bonds is 10. The Bertz CT molecular complexity index is 526. The van der Waals surface area contributed by atoms with Gasteiger partial charge in [0.05, 0.1) is 12.4 Å². The molecule has 5 nitrogen and oxygen atoms in total. The Morgan fingerprint density at radius 2 is 1.90 bits per heavy atom. The maximum atomic E-state index is 12.4. The molecule has 0 aliphatic heterocycles. The van der Waals surface area contributed by atoms with E-state index in [1.165, 1.54) is 4.31 Å². The summed E-state index contributed by atoms with van der Waals surface area (Å²) in [6.45, 7) is 5.38. The molecule has 0 aliphatic rings. The van der Waals surface area contributed by atoms with Gasteiger partial charge in [0, 0.05) is 26.7 Å². The van der Waals surface area contributed by atoms with E-state index in [2.05, 4.69) is 11.9 Å². The highest BCUT2D eigenvalue weighted by Gasteiger charge is 2.21. The smallest absolute Gasteiger partial charge is 0.218 e. The molecule has 0 saturated heterocycles. The first-order valence-corrected chi connectivity index (χ1v) is 8.44. The van der Waals surface area contributed by atoms with E-state index in [4.69, 9.17) is 4.74 Å². The van der Waals surface area contributed by atoms with Crippen molar-refractivity contribution in [1.82, 2.24) is 9.62 Å². The number of nitrogens with zero attached hydrogens (tertiary/aromatic N) is 1. The highest BCUT2D eigenvalue weighted by molar-refractivity contribution is 7.88. The van der Waals surface area contributed by atoms with E-state index in [-0.39, 0.29) is 5.75 Å². The SMILES string of the molecule is C=CCN(CCOC)S(=O)(=O)Cc1ccc(CNC)cc1. The molecule has 0 unspecified atom stereocenters. The van der Waals surface area contributed by atoms with Gasteiger partial charge in [0.1, 0.15) is 0 Å². The number of hydrogen-bond acceptors (Lipinski definition) is 4. The molecule has 0 spiro atoms. The zero-order valence-corrected chi connectivity index (χ0v) is 13.5. The summed E-state index contributed by atoms with van der Waals surface area (Å²) in [5, 5.41) is 3.06. The molecule has 0 bridgehead atoms. The van der Waals surface area contributed by atoms with E-state index in [0.29, 0.717) is 19.7 Å². The maximum Gasteiger partial charge on any atom is 0.218 e. The van der Waals surface area contributed by atoms with Crippen LogP contribution in [0.25, 0.3) is 0 Å². The maximum absolute atomic E-state index is 12.4. The topological polar surface area (TPSA) is 58.6 Å².